The Balaban J connectivity index is 3.44. The number of carboxylic acid groups (broad SMARTS) is 1. The van der Waals surface area contributed by atoms with Crippen LogP contribution in [0.3, 0.4) is 0 Å². The maximum atomic E-state index is 11.9. The maximum Gasteiger partial charge on any atom is 0.309 e. The molecule has 0 aliphatic heterocycles. The predicted molar refractivity (Wildman–Crippen MR) is 139 cm³/mol. The lowest BCUT2D eigenvalue weighted by Gasteiger charge is -2.13. The van der Waals surface area contributed by atoms with Crippen LogP contribution in [-0.2, 0) is 14.3 Å². The van der Waals surface area contributed by atoms with Crippen molar-refractivity contribution in [3.05, 3.63) is 24.8 Å². The molecular weight excluding hydrogens is 412 g/mol. The zero-order valence-corrected chi connectivity index (χ0v) is 21.5. The average molecular weight is 465 g/mol. The van der Waals surface area contributed by atoms with E-state index >= 15 is 0 Å². The lowest BCUT2D eigenvalue weighted by Crippen LogP contribution is -2.21. The fourth-order valence-corrected chi connectivity index (χ4v) is 4.12. The highest BCUT2D eigenvalue weighted by Gasteiger charge is 2.22. The Hall–Kier alpha value is -1.58. The Morgan fingerprint density at radius 1 is 0.758 bits per heavy atom. The molecule has 33 heavy (non-hydrogen) atoms. The van der Waals surface area contributed by atoms with Crippen LogP contribution in [0.1, 0.15) is 135 Å². The molecule has 0 bridgehead atoms. The Bertz CT molecular complexity index is 498. The number of hydrogen-bond donors (Lipinski definition) is 1. The summed E-state index contributed by atoms with van der Waals surface area (Å²) in [5.74, 6) is -1.89. The van der Waals surface area contributed by atoms with Crippen molar-refractivity contribution in [2.24, 2.45) is 5.92 Å². The minimum Gasteiger partial charge on any atom is -0.481 e. The summed E-state index contributed by atoms with van der Waals surface area (Å²) >= 11 is 0. The van der Waals surface area contributed by atoms with Crippen molar-refractivity contribution in [3.63, 3.8) is 0 Å². The van der Waals surface area contributed by atoms with Crippen LogP contribution in [-0.4, -0.2) is 23.7 Å². The van der Waals surface area contributed by atoms with E-state index < -0.39 is 17.9 Å². The second-order valence-electron chi connectivity index (χ2n) is 9.35. The second-order valence-corrected chi connectivity index (χ2v) is 9.35. The molecule has 4 heteroatoms. The van der Waals surface area contributed by atoms with E-state index in [0.29, 0.717) is 6.42 Å². The second kappa shape index (κ2) is 25.1. The van der Waals surface area contributed by atoms with Crippen molar-refractivity contribution < 1.29 is 19.4 Å². The minimum atomic E-state index is -0.944. The number of esters is 1. The number of carbonyl (C=O) groups is 2. The molecule has 0 spiro atoms. The molecule has 1 N–H and O–H groups in total. The molecule has 192 valence electrons. The van der Waals surface area contributed by atoms with Gasteiger partial charge in [-0.15, -0.1) is 0 Å². The fraction of sp³-hybridized carbons (Fsp3) is 0.793. The van der Waals surface area contributed by atoms with Crippen LogP contribution in [0.15, 0.2) is 24.8 Å². The highest BCUT2D eigenvalue weighted by atomic mass is 16.5. The van der Waals surface area contributed by atoms with Crippen molar-refractivity contribution >= 4 is 11.9 Å². The highest BCUT2D eigenvalue weighted by molar-refractivity contribution is 5.79. The first-order valence-electron chi connectivity index (χ1n) is 13.8. The van der Waals surface area contributed by atoms with Crippen LogP contribution in [0.5, 0.6) is 0 Å². The molecule has 0 fully saturated rings. The first-order valence-corrected chi connectivity index (χ1v) is 13.8. The minimum absolute atomic E-state index is 0.144. The SMILES string of the molecule is C=CCOC(=O)C(CCCCCCCCCCCCCC/C=C/CCCCCC)CC(=O)O. The van der Waals surface area contributed by atoms with Gasteiger partial charge in [0.05, 0.1) is 12.3 Å². The number of ether oxygens (including phenoxy) is 1. The molecule has 0 saturated carbocycles. The topological polar surface area (TPSA) is 63.6 Å². The van der Waals surface area contributed by atoms with E-state index in [2.05, 4.69) is 25.7 Å². The number of aliphatic carboxylic acids is 1. The van der Waals surface area contributed by atoms with Crippen molar-refractivity contribution in [3.8, 4) is 0 Å². The van der Waals surface area contributed by atoms with E-state index in [1.165, 1.54) is 102 Å². The van der Waals surface area contributed by atoms with E-state index in [1.807, 2.05) is 0 Å². The third-order valence-corrected chi connectivity index (χ3v) is 6.16. The van der Waals surface area contributed by atoms with Gasteiger partial charge in [0.15, 0.2) is 0 Å². The van der Waals surface area contributed by atoms with Gasteiger partial charge in [-0.25, -0.2) is 0 Å². The van der Waals surface area contributed by atoms with Crippen molar-refractivity contribution in [1.29, 1.82) is 0 Å². The largest absolute Gasteiger partial charge is 0.481 e. The van der Waals surface area contributed by atoms with E-state index in [0.717, 1.165) is 19.3 Å². The first-order chi connectivity index (χ1) is 16.1. The molecule has 0 heterocycles. The van der Waals surface area contributed by atoms with Crippen LogP contribution in [0.25, 0.3) is 0 Å². The zero-order chi connectivity index (χ0) is 24.4. The predicted octanol–water partition coefficient (Wildman–Crippen LogP) is 8.79. The molecule has 0 saturated heterocycles. The summed E-state index contributed by atoms with van der Waals surface area (Å²) in [6, 6.07) is 0. The molecule has 1 unspecified atom stereocenters. The fourth-order valence-electron chi connectivity index (χ4n) is 4.12. The van der Waals surface area contributed by atoms with E-state index in [-0.39, 0.29) is 13.0 Å². The van der Waals surface area contributed by atoms with Crippen molar-refractivity contribution in [2.75, 3.05) is 6.61 Å². The molecule has 0 radical (unpaired) electrons. The number of hydrogen-bond acceptors (Lipinski definition) is 3. The molecule has 0 amide bonds. The Kier molecular flexibility index (Phi) is 23.9. The molecular formula is C29H52O4. The van der Waals surface area contributed by atoms with Crippen molar-refractivity contribution in [2.45, 2.75) is 135 Å². The summed E-state index contributed by atoms with van der Waals surface area (Å²) < 4.78 is 5.03. The summed E-state index contributed by atoms with van der Waals surface area (Å²) in [5, 5.41) is 8.99. The Morgan fingerprint density at radius 3 is 1.67 bits per heavy atom. The number of allylic oxidation sites excluding steroid dienone is 2. The molecule has 4 nitrogen and oxygen atoms in total. The average Bonchev–Trinajstić information content (AvgIpc) is 2.80. The van der Waals surface area contributed by atoms with Crippen LogP contribution in [0, 0.1) is 5.92 Å². The summed E-state index contributed by atoms with van der Waals surface area (Å²) in [7, 11) is 0. The van der Waals surface area contributed by atoms with Gasteiger partial charge < -0.3 is 9.84 Å². The lowest BCUT2D eigenvalue weighted by molar-refractivity contribution is -0.152. The Labute approximate surface area is 204 Å². The number of rotatable bonds is 25. The number of carboxylic acids is 1. The van der Waals surface area contributed by atoms with Gasteiger partial charge in [-0.3, -0.25) is 9.59 Å². The third-order valence-electron chi connectivity index (χ3n) is 6.16. The van der Waals surface area contributed by atoms with Crippen LogP contribution in [0.2, 0.25) is 0 Å². The Morgan fingerprint density at radius 2 is 1.21 bits per heavy atom. The van der Waals surface area contributed by atoms with Gasteiger partial charge in [0.2, 0.25) is 0 Å². The molecule has 0 aromatic rings. The van der Waals surface area contributed by atoms with Crippen molar-refractivity contribution in [1.82, 2.24) is 0 Å². The summed E-state index contributed by atoms with van der Waals surface area (Å²) in [6.07, 6.45) is 29.7. The molecule has 0 rings (SSSR count). The quantitative estimate of drug-likeness (QED) is 0.0832. The van der Waals surface area contributed by atoms with Gasteiger partial charge in [0.25, 0.3) is 0 Å². The smallest absolute Gasteiger partial charge is 0.309 e. The first kappa shape index (κ1) is 31.4. The lowest BCUT2D eigenvalue weighted by atomic mass is 9.97. The van der Waals surface area contributed by atoms with Gasteiger partial charge in [-0.1, -0.05) is 122 Å². The highest BCUT2D eigenvalue weighted by Crippen LogP contribution is 2.18. The van der Waals surface area contributed by atoms with Crippen LogP contribution in [0.4, 0.5) is 0 Å². The zero-order valence-electron chi connectivity index (χ0n) is 21.5. The summed E-state index contributed by atoms with van der Waals surface area (Å²) in [4.78, 5) is 22.9. The molecule has 1 atom stereocenters. The maximum absolute atomic E-state index is 11.9. The molecule has 0 aromatic carbocycles. The monoisotopic (exact) mass is 464 g/mol. The summed E-state index contributed by atoms with van der Waals surface area (Å²) in [5.41, 5.74) is 0. The van der Waals surface area contributed by atoms with Gasteiger partial charge in [0.1, 0.15) is 6.61 Å². The number of unbranched alkanes of at least 4 members (excludes halogenated alkanes) is 16. The number of carbonyl (C=O) groups excluding carboxylic acids is 1. The van der Waals surface area contributed by atoms with E-state index in [9.17, 15) is 9.59 Å². The van der Waals surface area contributed by atoms with Gasteiger partial charge in [0, 0.05) is 0 Å². The standard InChI is InChI=1S/C29H52O4/c1-3-5-6-7-8-9-10-11-12-13-14-15-16-17-18-19-20-21-22-23-24-27(26-28(30)31)29(32)33-25-4-2/h4,9-10,27H,2-3,5-8,11-26H2,1H3,(H,30,31)/b10-9+. The van der Waals surface area contributed by atoms with Crippen LogP contribution >= 0.6 is 0 Å². The van der Waals surface area contributed by atoms with Gasteiger partial charge >= 0.3 is 11.9 Å². The normalized spacial score (nSPS) is 12.2. The molecule has 0 aromatic heterocycles. The van der Waals surface area contributed by atoms with Gasteiger partial charge in [-0.2, -0.15) is 0 Å². The summed E-state index contributed by atoms with van der Waals surface area (Å²) in [6.45, 7) is 5.92. The van der Waals surface area contributed by atoms with E-state index in [4.69, 9.17) is 9.84 Å². The van der Waals surface area contributed by atoms with Crippen LogP contribution < -0.4 is 0 Å². The van der Waals surface area contributed by atoms with Gasteiger partial charge in [-0.05, 0) is 32.1 Å². The molecule has 0 aliphatic rings. The van der Waals surface area contributed by atoms with E-state index in [1.54, 1.807) is 0 Å². The third kappa shape index (κ3) is 23.4. The molecule has 0 aliphatic carbocycles.